The summed E-state index contributed by atoms with van der Waals surface area (Å²) in [6.07, 6.45) is 5.35. The SMILES string of the molecule is CCCCCCc1ccc(-c2ccc(OCCC)c(F)c2F)c(Cl)c1F. The highest BCUT2D eigenvalue weighted by Gasteiger charge is 2.20. The zero-order chi connectivity index (χ0) is 19.1. The molecule has 0 aliphatic rings. The minimum Gasteiger partial charge on any atom is -0.490 e. The Morgan fingerprint density at radius 1 is 0.808 bits per heavy atom. The second kappa shape index (κ2) is 9.86. The third kappa shape index (κ3) is 4.73. The van der Waals surface area contributed by atoms with Gasteiger partial charge in [-0.1, -0.05) is 56.8 Å². The van der Waals surface area contributed by atoms with Gasteiger partial charge in [-0.05, 0) is 37.0 Å². The van der Waals surface area contributed by atoms with Crippen LogP contribution < -0.4 is 4.74 Å². The predicted octanol–water partition coefficient (Wildman–Crippen LogP) is 7.34. The summed E-state index contributed by atoms with van der Waals surface area (Å²) in [4.78, 5) is 0. The molecule has 0 unspecified atom stereocenters. The quantitative estimate of drug-likeness (QED) is 0.411. The van der Waals surface area contributed by atoms with Gasteiger partial charge in [0.1, 0.15) is 5.82 Å². The van der Waals surface area contributed by atoms with Crippen LogP contribution in [-0.2, 0) is 6.42 Å². The lowest BCUT2D eigenvalue weighted by molar-refractivity contribution is 0.295. The lowest BCUT2D eigenvalue weighted by Gasteiger charge is -2.13. The van der Waals surface area contributed by atoms with E-state index in [1.165, 1.54) is 12.1 Å². The molecule has 0 aromatic heterocycles. The molecule has 5 heteroatoms. The number of halogens is 4. The second-order valence-electron chi connectivity index (χ2n) is 6.30. The Morgan fingerprint density at radius 3 is 2.23 bits per heavy atom. The molecule has 0 amide bonds. The molecule has 0 aliphatic carbocycles. The van der Waals surface area contributed by atoms with Crippen LogP contribution in [0.4, 0.5) is 13.2 Å². The molecule has 2 rings (SSSR count). The first-order valence-corrected chi connectivity index (χ1v) is 9.47. The van der Waals surface area contributed by atoms with Gasteiger partial charge in [-0.3, -0.25) is 0 Å². The summed E-state index contributed by atoms with van der Waals surface area (Å²) in [5, 5.41) is -0.182. The van der Waals surface area contributed by atoms with Gasteiger partial charge in [0.05, 0.1) is 11.6 Å². The fraction of sp³-hybridized carbons (Fsp3) is 0.429. The van der Waals surface area contributed by atoms with E-state index in [-0.39, 0.29) is 28.5 Å². The number of aryl methyl sites for hydroxylation is 1. The van der Waals surface area contributed by atoms with Crippen LogP contribution in [0.5, 0.6) is 5.75 Å². The van der Waals surface area contributed by atoms with Crippen LogP contribution in [0.2, 0.25) is 5.02 Å². The average Bonchev–Trinajstić information content (AvgIpc) is 2.64. The molecule has 0 spiro atoms. The van der Waals surface area contributed by atoms with Gasteiger partial charge >= 0.3 is 0 Å². The van der Waals surface area contributed by atoms with E-state index in [2.05, 4.69) is 6.92 Å². The zero-order valence-electron chi connectivity index (χ0n) is 15.2. The largest absolute Gasteiger partial charge is 0.490 e. The molecule has 1 nitrogen and oxygen atoms in total. The van der Waals surface area contributed by atoms with E-state index in [1.807, 2.05) is 6.92 Å². The van der Waals surface area contributed by atoms with E-state index < -0.39 is 17.5 Å². The highest BCUT2D eigenvalue weighted by atomic mass is 35.5. The maximum atomic E-state index is 14.6. The second-order valence-corrected chi connectivity index (χ2v) is 6.68. The molecular formula is C21H24ClF3O. The Hall–Kier alpha value is -1.68. The summed E-state index contributed by atoms with van der Waals surface area (Å²) in [6, 6.07) is 5.85. The molecule has 0 saturated heterocycles. The summed E-state index contributed by atoms with van der Waals surface area (Å²) in [5.41, 5.74) is 0.561. The Balaban J connectivity index is 2.29. The van der Waals surface area contributed by atoms with Crippen molar-refractivity contribution in [3.05, 3.63) is 52.3 Å². The van der Waals surface area contributed by atoms with Crippen LogP contribution in [0.3, 0.4) is 0 Å². The number of unbranched alkanes of at least 4 members (excludes halogenated alkanes) is 3. The molecule has 142 valence electrons. The highest BCUT2D eigenvalue weighted by molar-refractivity contribution is 6.33. The van der Waals surface area contributed by atoms with Crippen molar-refractivity contribution < 1.29 is 17.9 Å². The van der Waals surface area contributed by atoms with Crippen molar-refractivity contribution in [2.24, 2.45) is 0 Å². The Labute approximate surface area is 158 Å². The summed E-state index contributed by atoms with van der Waals surface area (Å²) < 4.78 is 48.4. The minimum atomic E-state index is -1.09. The lowest BCUT2D eigenvalue weighted by atomic mass is 9.99. The molecule has 0 N–H and O–H groups in total. The molecule has 0 heterocycles. The topological polar surface area (TPSA) is 9.23 Å². The van der Waals surface area contributed by atoms with Crippen LogP contribution in [0, 0.1) is 17.5 Å². The third-order valence-electron chi connectivity index (χ3n) is 4.26. The van der Waals surface area contributed by atoms with E-state index in [9.17, 15) is 13.2 Å². The normalized spacial score (nSPS) is 11.0. The molecule has 2 aromatic carbocycles. The molecule has 0 bridgehead atoms. The molecular weight excluding hydrogens is 361 g/mol. The van der Waals surface area contributed by atoms with Gasteiger partial charge in [0.2, 0.25) is 5.82 Å². The molecule has 0 fully saturated rings. The van der Waals surface area contributed by atoms with Crippen molar-refractivity contribution in [1.82, 2.24) is 0 Å². The summed E-state index contributed by atoms with van der Waals surface area (Å²) in [5.74, 6) is -2.89. The zero-order valence-corrected chi connectivity index (χ0v) is 15.9. The Bertz CT molecular complexity index is 747. The highest BCUT2D eigenvalue weighted by Crippen LogP contribution is 2.36. The molecule has 0 aliphatic heterocycles. The fourth-order valence-electron chi connectivity index (χ4n) is 2.80. The molecule has 0 saturated carbocycles. The Morgan fingerprint density at radius 2 is 1.54 bits per heavy atom. The molecule has 0 radical (unpaired) electrons. The van der Waals surface area contributed by atoms with Gasteiger partial charge in [-0.25, -0.2) is 8.78 Å². The number of ether oxygens (including phenoxy) is 1. The van der Waals surface area contributed by atoms with Gasteiger partial charge in [-0.15, -0.1) is 0 Å². The van der Waals surface area contributed by atoms with Gasteiger partial charge in [0.25, 0.3) is 0 Å². The van der Waals surface area contributed by atoms with E-state index in [1.54, 1.807) is 12.1 Å². The lowest BCUT2D eigenvalue weighted by Crippen LogP contribution is -2.01. The van der Waals surface area contributed by atoms with Crippen LogP contribution in [-0.4, -0.2) is 6.61 Å². The number of rotatable bonds is 9. The first-order chi connectivity index (χ1) is 12.5. The van der Waals surface area contributed by atoms with Crippen molar-refractivity contribution >= 4 is 11.6 Å². The van der Waals surface area contributed by atoms with E-state index in [0.29, 0.717) is 18.4 Å². The predicted molar refractivity (Wildman–Crippen MR) is 100 cm³/mol. The summed E-state index contributed by atoms with van der Waals surface area (Å²) >= 11 is 6.13. The minimum absolute atomic E-state index is 0.0761. The van der Waals surface area contributed by atoms with Crippen LogP contribution in [0.1, 0.15) is 51.5 Å². The summed E-state index contributed by atoms with van der Waals surface area (Å²) in [7, 11) is 0. The number of benzene rings is 2. The van der Waals surface area contributed by atoms with E-state index in [4.69, 9.17) is 16.3 Å². The number of hydrogen-bond donors (Lipinski definition) is 0. The first-order valence-electron chi connectivity index (χ1n) is 9.09. The molecule has 2 aromatic rings. The number of hydrogen-bond acceptors (Lipinski definition) is 1. The standard InChI is InChI=1S/C21H24ClF3O/c1-3-5-6-7-8-14-9-10-15(18(22)19(14)23)16-11-12-17(26-13-4-2)21(25)20(16)24/h9-12H,3-8,13H2,1-2H3. The van der Waals surface area contributed by atoms with Gasteiger partial charge in [-0.2, -0.15) is 4.39 Å². The molecule has 0 atom stereocenters. The Kier molecular flexibility index (Phi) is 7.83. The van der Waals surface area contributed by atoms with Crippen molar-refractivity contribution in [2.45, 2.75) is 52.4 Å². The van der Waals surface area contributed by atoms with E-state index >= 15 is 0 Å². The van der Waals surface area contributed by atoms with Crippen molar-refractivity contribution in [2.75, 3.05) is 6.61 Å². The van der Waals surface area contributed by atoms with Crippen LogP contribution in [0.25, 0.3) is 11.1 Å². The van der Waals surface area contributed by atoms with Gasteiger partial charge < -0.3 is 4.74 Å². The summed E-state index contributed by atoms with van der Waals surface area (Å²) in [6.45, 7) is 4.27. The van der Waals surface area contributed by atoms with Crippen molar-refractivity contribution in [1.29, 1.82) is 0 Å². The van der Waals surface area contributed by atoms with Crippen LogP contribution in [0.15, 0.2) is 24.3 Å². The van der Waals surface area contributed by atoms with Gasteiger partial charge in [0, 0.05) is 11.1 Å². The monoisotopic (exact) mass is 384 g/mol. The smallest absolute Gasteiger partial charge is 0.201 e. The third-order valence-corrected chi connectivity index (χ3v) is 4.63. The average molecular weight is 385 g/mol. The van der Waals surface area contributed by atoms with Crippen molar-refractivity contribution in [3.8, 4) is 16.9 Å². The maximum absolute atomic E-state index is 14.6. The fourth-order valence-corrected chi connectivity index (χ4v) is 3.08. The van der Waals surface area contributed by atoms with E-state index in [0.717, 1.165) is 25.7 Å². The molecule has 26 heavy (non-hydrogen) atoms. The van der Waals surface area contributed by atoms with Gasteiger partial charge in [0.15, 0.2) is 11.6 Å². The first kappa shape index (κ1) is 20.6. The maximum Gasteiger partial charge on any atom is 0.201 e. The van der Waals surface area contributed by atoms with Crippen LogP contribution >= 0.6 is 11.6 Å². The van der Waals surface area contributed by atoms with Crippen molar-refractivity contribution in [3.63, 3.8) is 0 Å².